The third kappa shape index (κ3) is 3.43. The Morgan fingerprint density at radius 2 is 2.22 bits per heavy atom. The molecule has 1 N–H and O–H groups in total. The summed E-state index contributed by atoms with van der Waals surface area (Å²) in [5, 5.41) is 4.39. The van der Waals surface area contributed by atoms with Gasteiger partial charge in [0.2, 0.25) is 0 Å². The van der Waals surface area contributed by atoms with E-state index in [-0.39, 0.29) is 0 Å². The van der Waals surface area contributed by atoms with Crippen molar-refractivity contribution in [3.63, 3.8) is 0 Å². The van der Waals surface area contributed by atoms with Crippen molar-refractivity contribution in [2.75, 3.05) is 25.5 Å². The maximum Gasteiger partial charge on any atom is 0.183 e. The van der Waals surface area contributed by atoms with E-state index in [9.17, 15) is 0 Å². The first-order chi connectivity index (χ1) is 8.56. The van der Waals surface area contributed by atoms with E-state index in [1.165, 1.54) is 4.70 Å². The fourth-order valence-electron chi connectivity index (χ4n) is 1.57. The van der Waals surface area contributed by atoms with Gasteiger partial charge in [-0.2, -0.15) is 0 Å². The quantitative estimate of drug-likeness (QED) is 0.905. The van der Waals surface area contributed by atoms with E-state index in [2.05, 4.69) is 58.1 Å². The highest BCUT2D eigenvalue weighted by atomic mass is 79.9. The Kier molecular flexibility index (Phi) is 4.59. The number of aromatic nitrogens is 1. The van der Waals surface area contributed by atoms with E-state index >= 15 is 0 Å². The van der Waals surface area contributed by atoms with E-state index in [4.69, 9.17) is 0 Å². The molecule has 0 aliphatic rings. The molecule has 0 atom stereocenters. The van der Waals surface area contributed by atoms with Gasteiger partial charge >= 0.3 is 0 Å². The molecule has 98 valence electrons. The van der Waals surface area contributed by atoms with Crippen LogP contribution in [0.2, 0.25) is 0 Å². The van der Waals surface area contributed by atoms with Crippen LogP contribution < -0.4 is 5.32 Å². The number of thiazole rings is 1. The molecule has 18 heavy (non-hydrogen) atoms. The lowest BCUT2D eigenvalue weighted by Crippen LogP contribution is -2.31. The first-order valence-corrected chi connectivity index (χ1v) is 7.67. The molecule has 5 heteroatoms. The minimum Gasteiger partial charge on any atom is -0.360 e. The van der Waals surface area contributed by atoms with Crippen LogP contribution in [0.5, 0.6) is 0 Å². The number of hydrogen-bond donors (Lipinski definition) is 1. The Bertz CT molecular complexity index is 524. The van der Waals surface area contributed by atoms with E-state index in [1.807, 2.05) is 12.1 Å². The second kappa shape index (κ2) is 5.99. The van der Waals surface area contributed by atoms with Crippen molar-refractivity contribution >= 4 is 42.6 Å². The molecule has 0 aliphatic heterocycles. The molecule has 0 spiro atoms. The molecule has 0 saturated carbocycles. The Hall–Kier alpha value is -0.650. The lowest BCUT2D eigenvalue weighted by atomic mass is 10.3. The first-order valence-electron chi connectivity index (χ1n) is 6.06. The molecule has 0 fully saturated rings. The molecule has 0 saturated heterocycles. The topological polar surface area (TPSA) is 28.2 Å². The zero-order chi connectivity index (χ0) is 13.1. The zero-order valence-corrected chi connectivity index (χ0v) is 13.3. The number of likely N-dealkylation sites (N-methyl/N-ethyl adjacent to an activating group) is 1. The normalized spacial score (nSPS) is 11.7. The van der Waals surface area contributed by atoms with Crippen LogP contribution in [-0.2, 0) is 0 Å². The largest absolute Gasteiger partial charge is 0.360 e. The van der Waals surface area contributed by atoms with Crippen LogP contribution in [0.3, 0.4) is 0 Å². The van der Waals surface area contributed by atoms with Crippen LogP contribution in [0, 0.1) is 0 Å². The average molecular weight is 328 g/mol. The summed E-state index contributed by atoms with van der Waals surface area (Å²) < 4.78 is 2.31. The molecule has 0 bridgehead atoms. The maximum atomic E-state index is 4.56. The number of hydrogen-bond acceptors (Lipinski definition) is 4. The highest BCUT2D eigenvalue weighted by Gasteiger charge is 2.05. The van der Waals surface area contributed by atoms with Gasteiger partial charge in [-0.25, -0.2) is 4.98 Å². The van der Waals surface area contributed by atoms with Crippen LogP contribution in [-0.4, -0.2) is 36.1 Å². The third-order valence-corrected chi connectivity index (χ3v) is 4.44. The molecule has 1 heterocycles. The summed E-state index contributed by atoms with van der Waals surface area (Å²) in [6, 6.07) is 6.76. The predicted octanol–water partition coefficient (Wildman–Crippen LogP) is 3.81. The van der Waals surface area contributed by atoms with Gasteiger partial charge < -0.3 is 10.2 Å². The van der Waals surface area contributed by atoms with Gasteiger partial charge in [0.15, 0.2) is 5.13 Å². The Balaban J connectivity index is 1.96. The van der Waals surface area contributed by atoms with E-state index < -0.39 is 0 Å². The Morgan fingerprint density at radius 3 is 2.94 bits per heavy atom. The lowest BCUT2D eigenvalue weighted by Gasteiger charge is -2.20. The molecule has 1 aromatic heterocycles. The Labute approximate surface area is 120 Å². The van der Waals surface area contributed by atoms with Crippen molar-refractivity contribution < 1.29 is 0 Å². The Morgan fingerprint density at radius 1 is 1.44 bits per heavy atom. The van der Waals surface area contributed by atoms with Crippen LogP contribution in [0.15, 0.2) is 22.7 Å². The van der Waals surface area contributed by atoms with Crippen LogP contribution in [0.25, 0.3) is 10.2 Å². The summed E-state index contributed by atoms with van der Waals surface area (Å²) in [6.07, 6.45) is 0. The molecule has 0 unspecified atom stereocenters. The SMILES string of the molecule is CC(C)N(C)CCNc1nc2ccc(Br)cc2s1. The summed E-state index contributed by atoms with van der Waals surface area (Å²) in [6.45, 7) is 6.36. The second-order valence-corrected chi connectivity index (χ2v) is 6.58. The van der Waals surface area contributed by atoms with Gasteiger partial charge in [0, 0.05) is 23.6 Å². The average Bonchev–Trinajstić information content (AvgIpc) is 2.70. The summed E-state index contributed by atoms with van der Waals surface area (Å²) >= 11 is 5.18. The van der Waals surface area contributed by atoms with Gasteiger partial charge in [-0.15, -0.1) is 0 Å². The van der Waals surface area contributed by atoms with Crippen molar-refractivity contribution in [1.82, 2.24) is 9.88 Å². The molecule has 2 rings (SSSR count). The number of halogens is 1. The molecule has 1 aromatic carbocycles. The number of rotatable bonds is 5. The van der Waals surface area contributed by atoms with Gasteiger partial charge in [0.1, 0.15) is 0 Å². The first kappa shape index (κ1) is 13.8. The van der Waals surface area contributed by atoms with Gasteiger partial charge in [-0.1, -0.05) is 27.3 Å². The summed E-state index contributed by atoms with van der Waals surface area (Å²) in [5.74, 6) is 0. The highest BCUT2D eigenvalue weighted by Crippen LogP contribution is 2.28. The molecular weight excluding hydrogens is 310 g/mol. The monoisotopic (exact) mass is 327 g/mol. The summed E-state index contributed by atoms with van der Waals surface area (Å²) in [7, 11) is 2.14. The minimum atomic E-state index is 0.582. The lowest BCUT2D eigenvalue weighted by molar-refractivity contribution is 0.284. The van der Waals surface area contributed by atoms with E-state index in [1.54, 1.807) is 11.3 Å². The number of benzene rings is 1. The fraction of sp³-hybridized carbons (Fsp3) is 0.462. The maximum absolute atomic E-state index is 4.56. The van der Waals surface area contributed by atoms with E-state index in [0.717, 1.165) is 28.2 Å². The number of nitrogens with zero attached hydrogens (tertiary/aromatic N) is 2. The third-order valence-electron chi connectivity index (χ3n) is 2.97. The second-order valence-electron chi connectivity index (χ2n) is 4.63. The molecule has 2 aromatic rings. The van der Waals surface area contributed by atoms with Gasteiger partial charge in [0.05, 0.1) is 10.2 Å². The van der Waals surface area contributed by atoms with Gasteiger partial charge in [0.25, 0.3) is 0 Å². The van der Waals surface area contributed by atoms with Crippen molar-refractivity contribution in [3.05, 3.63) is 22.7 Å². The number of nitrogens with one attached hydrogen (secondary N) is 1. The standard InChI is InChI=1S/C13H18BrN3S/c1-9(2)17(3)7-6-15-13-16-11-5-4-10(14)8-12(11)18-13/h4-5,8-9H,6-7H2,1-3H3,(H,15,16). The fourth-order valence-corrected chi connectivity index (χ4v) is 3.01. The minimum absolute atomic E-state index is 0.582. The predicted molar refractivity (Wildman–Crippen MR) is 83.6 cm³/mol. The van der Waals surface area contributed by atoms with Gasteiger partial charge in [-0.05, 0) is 39.1 Å². The van der Waals surface area contributed by atoms with Crippen LogP contribution in [0.4, 0.5) is 5.13 Å². The van der Waals surface area contributed by atoms with Crippen LogP contribution in [0.1, 0.15) is 13.8 Å². The molecule has 3 nitrogen and oxygen atoms in total. The smallest absolute Gasteiger partial charge is 0.183 e. The van der Waals surface area contributed by atoms with Crippen molar-refractivity contribution in [1.29, 1.82) is 0 Å². The summed E-state index contributed by atoms with van der Waals surface area (Å²) in [4.78, 5) is 6.88. The van der Waals surface area contributed by atoms with Gasteiger partial charge in [-0.3, -0.25) is 0 Å². The zero-order valence-electron chi connectivity index (χ0n) is 10.9. The highest BCUT2D eigenvalue weighted by molar-refractivity contribution is 9.10. The van der Waals surface area contributed by atoms with E-state index in [0.29, 0.717) is 6.04 Å². The number of anilines is 1. The van der Waals surface area contributed by atoms with Crippen molar-refractivity contribution in [3.8, 4) is 0 Å². The molecule has 0 radical (unpaired) electrons. The summed E-state index contributed by atoms with van der Waals surface area (Å²) in [5.41, 5.74) is 1.06. The number of fused-ring (bicyclic) bond motifs is 1. The van der Waals surface area contributed by atoms with Crippen molar-refractivity contribution in [2.24, 2.45) is 0 Å². The van der Waals surface area contributed by atoms with Crippen LogP contribution >= 0.6 is 27.3 Å². The molecule has 0 amide bonds. The van der Waals surface area contributed by atoms with Crippen molar-refractivity contribution in [2.45, 2.75) is 19.9 Å². The molecule has 0 aliphatic carbocycles. The molecular formula is C13H18BrN3S.